The number of hydrogen-bond acceptors (Lipinski definition) is 6. The zero-order chi connectivity index (χ0) is 21.2. The van der Waals surface area contributed by atoms with Crippen molar-refractivity contribution in [1.29, 1.82) is 0 Å². The molecule has 0 saturated carbocycles. The number of nitrogens with zero attached hydrogens (tertiary/aromatic N) is 3. The molecule has 1 amide bonds. The fourth-order valence-electron chi connectivity index (χ4n) is 3.22. The number of thiophene rings is 1. The van der Waals surface area contributed by atoms with Crippen molar-refractivity contribution >= 4 is 45.2 Å². The van der Waals surface area contributed by atoms with Crippen molar-refractivity contribution in [3.05, 3.63) is 77.1 Å². The van der Waals surface area contributed by atoms with E-state index in [9.17, 15) is 4.79 Å². The Bertz CT molecular complexity index is 1360. The minimum absolute atomic E-state index is 0.0963. The molecule has 0 fully saturated rings. The summed E-state index contributed by atoms with van der Waals surface area (Å²) in [4.78, 5) is 18.3. The molecule has 0 unspecified atom stereocenters. The molecule has 2 aromatic carbocycles. The highest BCUT2D eigenvalue weighted by molar-refractivity contribution is 7.15. The molecule has 0 aliphatic heterocycles. The number of benzene rings is 2. The minimum atomic E-state index is -0.260. The summed E-state index contributed by atoms with van der Waals surface area (Å²) >= 11 is 3.12. The summed E-state index contributed by atoms with van der Waals surface area (Å²) in [6, 6.07) is 19.7. The molecule has 154 valence electrons. The van der Waals surface area contributed by atoms with Gasteiger partial charge >= 0.3 is 0 Å². The van der Waals surface area contributed by atoms with Crippen LogP contribution in [0.2, 0.25) is 0 Å². The number of anilines is 1. The van der Waals surface area contributed by atoms with Gasteiger partial charge in [-0.2, -0.15) is 9.78 Å². The van der Waals surface area contributed by atoms with Crippen LogP contribution in [0.4, 0.5) is 5.82 Å². The van der Waals surface area contributed by atoms with Crippen molar-refractivity contribution in [3.63, 3.8) is 0 Å². The highest BCUT2D eigenvalue weighted by atomic mass is 32.1. The summed E-state index contributed by atoms with van der Waals surface area (Å²) in [6.45, 7) is 1.78. The van der Waals surface area contributed by atoms with Crippen LogP contribution < -0.4 is 10.1 Å². The molecule has 6 nitrogen and oxygen atoms in total. The monoisotopic (exact) mass is 446 g/mol. The highest BCUT2D eigenvalue weighted by Crippen LogP contribution is 2.29. The fourth-order valence-corrected chi connectivity index (χ4v) is 4.77. The number of aromatic nitrogens is 3. The topological polar surface area (TPSA) is 69.0 Å². The second kappa shape index (κ2) is 8.33. The van der Waals surface area contributed by atoms with Crippen molar-refractivity contribution in [3.8, 4) is 21.5 Å². The molecular weight excluding hydrogens is 428 g/mol. The van der Waals surface area contributed by atoms with Crippen LogP contribution in [0.1, 0.15) is 5.69 Å². The molecular formula is C23H18N4O2S2. The molecule has 31 heavy (non-hydrogen) atoms. The van der Waals surface area contributed by atoms with Gasteiger partial charge in [0.2, 0.25) is 5.13 Å². The molecule has 0 aliphatic rings. The Hall–Kier alpha value is -3.49. The van der Waals surface area contributed by atoms with Gasteiger partial charge in [0.25, 0.3) is 5.91 Å². The van der Waals surface area contributed by atoms with Crippen LogP contribution in [0.3, 0.4) is 0 Å². The first-order valence-corrected chi connectivity index (χ1v) is 11.4. The van der Waals surface area contributed by atoms with Crippen molar-refractivity contribution in [2.45, 2.75) is 6.92 Å². The first-order chi connectivity index (χ1) is 15.2. The van der Waals surface area contributed by atoms with Crippen LogP contribution in [0.5, 0.6) is 5.75 Å². The van der Waals surface area contributed by atoms with Gasteiger partial charge in [-0.3, -0.25) is 4.79 Å². The van der Waals surface area contributed by atoms with Gasteiger partial charge in [-0.1, -0.05) is 36.4 Å². The first kappa shape index (κ1) is 19.5. The van der Waals surface area contributed by atoms with Crippen LogP contribution in [0.15, 0.2) is 71.4 Å². The number of carbonyl (C=O) groups is 1. The van der Waals surface area contributed by atoms with Gasteiger partial charge in [-0.25, -0.2) is 4.98 Å². The van der Waals surface area contributed by atoms with Gasteiger partial charge in [0.1, 0.15) is 11.6 Å². The minimum Gasteiger partial charge on any atom is -0.484 e. The number of ether oxygens (including phenoxy) is 1. The number of hydrogen-bond donors (Lipinski definition) is 1. The van der Waals surface area contributed by atoms with E-state index >= 15 is 0 Å². The first-order valence-electron chi connectivity index (χ1n) is 9.63. The van der Waals surface area contributed by atoms with Crippen LogP contribution in [-0.4, -0.2) is 27.3 Å². The summed E-state index contributed by atoms with van der Waals surface area (Å²) in [5.74, 6) is 0.958. The second-order valence-corrected chi connectivity index (χ2v) is 8.71. The van der Waals surface area contributed by atoms with Crippen LogP contribution in [-0.2, 0) is 4.79 Å². The van der Waals surface area contributed by atoms with E-state index in [-0.39, 0.29) is 12.5 Å². The molecule has 3 aromatic heterocycles. The van der Waals surface area contributed by atoms with Crippen LogP contribution in [0, 0.1) is 6.92 Å². The van der Waals surface area contributed by atoms with Gasteiger partial charge in [0.05, 0.1) is 16.3 Å². The van der Waals surface area contributed by atoms with E-state index in [4.69, 9.17) is 4.74 Å². The van der Waals surface area contributed by atoms with E-state index < -0.39 is 0 Å². The third kappa shape index (κ3) is 4.21. The predicted octanol–water partition coefficient (Wildman–Crippen LogP) is 5.54. The van der Waals surface area contributed by atoms with Crippen molar-refractivity contribution in [2.75, 3.05) is 11.9 Å². The fraction of sp³-hybridized carbons (Fsp3) is 0.0870. The number of nitrogens with one attached hydrogen (secondary N) is 1. The molecule has 0 atom stereocenters. The summed E-state index contributed by atoms with van der Waals surface area (Å²) in [5, 5.41) is 14.3. The van der Waals surface area contributed by atoms with E-state index in [0.29, 0.717) is 16.7 Å². The lowest BCUT2D eigenvalue weighted by Crippen LogP contribution is -2.21. The zero-order valence-electron chi connectivity index (χ0n) is 16.6. The Labute approximate surface area is 186 Å². The average Bonchev–Trinajstić information content (AvgIpc) is 3.53. The Morgan fingerprint density at radius 1 is 1.06 bits per heavy atom. The van der Waals surface area contributed by atoms with Crippen molar-refractivity contribution in [2.24, 2.45) is 0 Å². The van der Waals surface area contributed by atoms with Gasteiger partial charge in [-0.15, -0.1) is 22.7 Å². The largest absolute Gasteiger partial charge is 0.484 e. The van der Waals surface area contributed by atoms with Gasteiger partial charge in [0.15, 0.2) is 6.61 Å². The zero-order valence-corrected chi connectivity index (χ0v) is 18.2. The third-order valence-corrected chi connectivity index (χ3v) is 6.35. The molecule has 3 heterocycles. The second-order valence-electron chi connectivity index (χ2n) is 6.92. The number of carbonyl (C=O) groups excluding carboxylic acids is 1. The third-order valence-electron chi connectivity index (χ3n) is 4.64. The Kier molecular flexibility index (Phi) is 5.23. The van der Waals surface area contributed by atoms with Crippen molar-refractivity contribution < 1.29 is 9.53 Å². The van der Waals surface area contributed by atoms with Gasteiger partial charge in [0, 0.05) is 11.4 Å². The Balaban J connectivity index is 1.29. The van der Waals surface area contributed by atoms with E-state index in [0.717, 1.165) is 27.0 Å². The Morgan fingerprint density at radius 2 is 1.94 bits per heavy atom. The Morgan fingerprint density at radius 3 is 2.77 bits per heavy atom. The summed E-state index contributed by atoms with van der Waals surface area (Å²) in [5.41, 5.74) is 1.69. The van der Waals surface area contributed by atoms with E-state index in [1.807, 2.05) is 78.3 Å². The molecule has 0 radical (unpaired) electrons. The maximum atomic E-state index is 12.5. The summed E-state index contributed by atoms with van der Waals surface area (Å²) in [6.07, 6.45) is 0. The lowest BCUT2D eigenvalue weighted by molar-refractivity contribution is -0.118. The van der Waals surface area contributed by atoms with Crippen molar-refractivity contribution in [1.82, 2.24) is 14.8 Å². The average molecular weight is 447 g/mol. The molecule has 0 bridgehead atoms. The van der Waals surface area contributed by atoms with Crippen LogP contribution in [0.25, 0.3) is 26.5 Å². The number of rotatable bonds is 6. The summed E-state index contributed by atoms with van der Waals surface area (Å²) < 4.78 is 7.36. The summed E-state index contributed by atoms with van der Waals surface area (Å²) in [7, 11) is 0. The number of fused-ring (bicyclic) bond motifs is 1. The van der Waals surface area contributed by atoms with Gasteiger partial charge in [-0.05, 0) is 41.3 Å². The molecule has 8 heteroatoms. The quantitative estimate of drug-likeness (QED) is 0.372. The lowest BCUT2D eigenvalue weighted by Gasteiger charge is -2.09. The number of thiazole rings is 1. The molecule has 0 saturated heterocycles. The standard InChI is InChI=1S/C23H18N4O2S2/c1-15-11-21(27(26-15)23-24-19(14-31-23)20-7-4-10-30-20)25-22(28)13-29-18-9-8-16-5-2-3-6-17(16)12-18/h2-12,14H,13H2,1H3,(H,25,28). The van der Waals surface area contributed by atoms with E-state index in [2.05, 4.69) is 15.4 Å². The maximum Gasteiger partial charge on any atom is 0.263 e. The lowest BCUT2D eigenvalue weighted by atomic mass is 10.1. The SMILES string of the molecule is Cc1cc(NC(=O)COc2ccc3ccccc3c2)n(-c2nc(-c3cccs3)cs2)n1. The molecule has 0 aliphatic carbocycles. The smallest absolute Gasteiger partial charge is 0.263 e. The van der Waals surface area contributed by atoms with Gasteiger partial charge < -0.3 is 10.1 Å². The number of amides is 1. The normalized spacial score (nSPS) is 11.0. The molecule has 1 N–H and O–H groups in total. The predicted molar refractivity (Wildman–Crippen MR) is 125 cm³/mol. The maximum absolute atomic E-state index is 12.5. The highest BCUT2D eigenvalue weighted by Gasteiger charge is 2.15. The van der Waals surface area contributed by atoms with E-state index in [1.54, 1.807) is 16.0 Å². The molecule has 5 aromatic rings. The number of aryl methyl sites for hydroxylation is 1. The molecule has 5 rings (SSSR count). The van der Waals surface area contributed by atoms with E-state index in [1.165, 1.54) is 11.3 Å². The van der Waals surface area contributed by atoms with Crippen LogP contribution >= 0.6 is 22.7 Å². The molecule has 0 spiro atoms.